The van der Waals surface area contributed by atoms with Crippen LogP contribution in [0.15, 0.2) is 53.4 Å². The standard InChI is InChI=1S/C18H15NO2S2/c1-12-3-2-4-14(9-12)10-16-17(21)19(18(22)23-16)15-7-5-13(11-20)6-8-15/h2-10,20H,11H2,1H3/b16-10-. The molecular formula is C18H15NO2S2. The zero-order valence-corrected chi connectivity index (χ0v) is 14.2. The number of carbonyl (C=O) groups excluding carboxylic acids is 1. The molecule has 3 rings (SSSR count). The quantitative estimate of drug-likeness (QED) is 0.679. The molecule has 0 saturated carbocycles. The number of aliphatic hydroxyl groups is 1. The summed E-state index contributed by atoms with van der Waals surface area (Å²) < 4.78 is 0.519. The van der Waals surface area contributed by atoms with Gasteiger partial charge in [-0.25, -0.2) is 0 Å². The normalized spacial score (nSPS) is 16.4. The Kier molecular flexibility index (Phi) is 4.61. The maximum atomic E-state index is 12.7. The minimum atomic E-state index is -0.113. The van der Waals surface area contributed by atoms with E-state index in [1.165, 1.54) is 16.7 Å². The lowest BCUT2D eigenvalue weighted by atomic mass is 10.1. The van der Waals surface area contributed by atoms with Crippen molar-refractivity contribution >= 4 is 46.0 Å². The summed E-state index contributed by atoms with van der Waals surface area (Å²) in [4.78, 5) is 14.8. The van der Waals surface area contributed by atoms with Crippen molar-refractivity contribution in [1.82, 2.24) is 0 Å². The molecule has 0 aromatic heterocycles. The summed E-state index contributed by atoms with van der Waals surface area (Å²) in [7, 11) is 0. The van der Waals surface area contributed by atoms with E-state index in [0.717, 1.165) is 22.4 Å². The number of rotatable bonds is 3. The molecule has 0 spiro atoms. The van der Waals surface area contributed by atoms with Gasteiger partial charge in [-0.3, -0.25) is 9.69 Å². The van der Waals surface area contributed by atoms with Crippen molar-refractivity contribution in [1.29, 1.82) is 0 Å². The van der Waals surface area contributed by atoms with Crippen LogP contribution in [0, 0.1) is 6.92 Å². The second kappa shape index (κ2) is 6.66. The predicted octanol–water partition coefficient (Wildman–Crippen LogP) is 3.89. The summed E-state index contributed by atoms with van der Waals surface area (Å²) >= 11 is 6.66. The monoisotopic (exact) mass is 341 g/mol. The lowest BCUT2D eigenvalue weighted by Gasteiger charge is -2.14. The Morgan fingerprint density at radius 1 is 1.22 bits per heavy atom. The Balaban J connectivity index is 1.90. The Bertz CT molecular complexity index is 797. The SMILES string of the molecule is Cc1cccc(/C=C2\SC(=S)N(c3ccc(CO)cc3)C2=O)c1. The lowest BCUT2D eigenvalue weighted by molar-refractivity contribution is -0.113. The number of amides is 1. The summed E-state index contributed by atoms with van der Waals surface area (Å²) in [5, 5.41) is 9.11. The van der Waals surface area contributed by atoms with Crippen LogP contribution < -0.4 is 4.90 Å². The Hall–Kier alpha value is -1.95. The van der Waals surface area contributed by atoms with Gasteiger partial charge in [-0.2, -0.15) is 0 Å². The number of aliphatic hydroxyl groups excluding tert-OH is 1. The summed E-state index contributed by atoms with van der Waals surface area (Å²) in [6.07, 6.45) is 1.87. The van der Waals surface area contributed by atoms with Crippen molar-refractivity contribution in [2.45, 2.75) is 13.5 Å². The van der Waals surface area contributed by atoms with E-state index in [9.17, 15) is 4.79 Å². The predicted molar refractivity (Wildman–Crippen MR) is 99.2 cm³/mol. The molecule has 1 amide bonds. The third-order valence-electron chi connectivity index (χ3n) is 3.51. The Morgan fingerprint density at radius 2 is 1.96 bits per heavy atom. The summed E-state index contributed by atoms with van der Waals surface area (Å²) in [6, 6.07) is 15.2. The van der Waals surface area contributed by atoms with Gasteiger partial charge in [-0.1, -0.05) is 65.9 Å². The van der Waals surface area contributed by atoms with Gasteiger partial charge in [0.2, 0.25) is 0 Å². The fourth-order valence-corrected chi connectivity index (χ4v) is 3.65. The number of anilines is 1. The van der Waals surface area contributed by atoms with Crippen LogP contribution in [0.5, 0.6) is 0 Å². The molecule has 0 radical (unpaired) electrons. The Morgan fingerprint density at radius 3 is 2.61 bits per heavy atom. The maximum Gasteiger partial charge on any atom is 0.270 e. The van der Waals surface area contributed by atoms with Crippen molar-refractivity contribution in [2.24, 2.45) is 0 Å². The van der Waals surface area contributed by atoms with Crippen LogP contribution in [-0.2, 0) is 11.4 Å². The zero-order valence-electron chi connectivity index (χ0n) is 12.5. The molecule has 1 saturated heterocycles. The third-order valence-corrected chi connectivity index (χ3v) is 4.81. The number of thiocarbonyl (C=S) groups is 1. The molecule has 0 unspecified atom stereocenters. The molecule has 0 atom stereocenters. The topological polar surface area (TPSA) is 40.5 Å². The van der Waals surface area contributed by atoms with E-state index in [-0.39, 0.29) is 12.5 Å². The second-order valence-electron chi connectivity index (χ2n) is 5.26. The van der Waals surface area contributed by atoms with Crippen molar-refractivity contribution < 1.29 is 9.90 Å². The van der Waals surface area contributed by atoms with Gasteiger partial charge in [0.25, 0.3) is 5.91 Å². The smallest absolute Gasteiger partial charge is 0.270 e. The van der Waals surface area contributed by atoms with E-state index in [1.54, 1.807) is 24.3 Å². The fraction of sp³-hybridized carbons (Fsp3) is 0.111. The molecule has 0 bridgehead atoms. The first kappa shape index (κ1) is 15.9. The van der Waals surface area contributed by atoms with Crippen LogP contribution in [0.3, 0.4) is 0 Å². The number of aryl methyl sites for hydroxylation is 1. The van der Waals surface area contributed by atoms with Gasteiger partial charge >= 0.3 is 0 Å². The molecule has 1 heterocycles. The van der Waals surface area contributed by atoms with Crippen LogP contribution in [0.25, 0.3) is 6.08 Å². The third kappa shape index (κ3) is 3.37. The van der Waals surface area contributed by atoms with E-state index < -0.39 is 0 Å². The van der Waals surface area contributed by atoms with Gasteiger partial charge in [-0.15, -0.1) is 0 Å². The van der Waals surface area contributed by atoms with Crippen LogP contribution in [0.2, 0.25) is 0 Å². The first-order valence-electron chi connectivity index (χ1n) is 7.13. The molecule has 2 aromatic carbocycles. The van der Waals surface area contributed by atoms with Gasteiger partial charge in [0, 0.05) is 0 Å². The van der Waals surface area contributed by atoms with E-state index in [2.05, 4.69) is 0 Å². The van der Waals surface area contributed by atoms with Crippen LogP contribution in [0.1, 0.15) is 16.7 Å². The van der Waals surface area contributed by atoms with E-state index in [4.69, 9.17) is 17.3 Å². The van der Waals surface area contributed by atoms with Gasteiger partial charge in [0.15, 0.2) is 4.32 Å². The highest BCUT2D eigenvalue weighted by molar-refractivity contribution is 8.27. The van der Waals surface area contributed by atoms with Gasteiger partial charge in [-0.05, 0) is 36.3 Å². The van der Waals surface area contributed by atoms with Gasteiger partial charge < -0.3 is 5.11 Å². The van der Waals surface area contributed by atoms with Gasteiger partial charge in [0.1, 0.15) is 0 Å². The van der Waals surface area contributed by atoms with Gasteiger partial charge in [0.05, 0.1) is 17.2 Å². The molecule has 23 heavy (non-hydrogen) atoms. The van der Waals surface area contributed by atoms with Crippen LogP contribution >= 0.6 is 24.0 Å². The minimum absolute atomic E-state index is 0.0219. The first-order valence-corrected chi connectivity index (χ1v) is 8.35. The van der Waals surface area contributed by atoms with Crippen molar-refractivity contribution in [3.05, 3.63) is 70.1 Å². The van der Waals surface area contributed by atoms with Crippen molar-refractivity contribution in [3.8, 4) is 0 Å². The minimum Gasteiger partial charge on any atom is -0.392 e. The first-order chi connectivity index (χ1) is 11.1. The average molecular weight is 341 g/mol. The number of nitrogens with zero attached hydrogens (tertiary/aromatic N) is 1. The van der Waals surface area contributed by atoms with Crippen molar-refractivity contribution in [2.75, 3.05) is 4.90 Å². The molecule has 1 fully saturated rings. The molecule has 1 N–H and O–H groups in total. The van der Waals surface area contributed by atoms with Crippen LogP contribution in [0.4, 0.5) is 5.69 Å². The average Bonchev–Trinajstić information content (AvgIpc) is 2.81. The van der Waals surface area contributed by atoms with Crippen LogP contribution in [-0.4, -0.2) is 15.3 Å². The molecule has 2 aromatic rings. The number of hydrogen-bond donors (Lipinski definition) is 1. The molecule has 3 nitrogen and oxygen atoms in total. The highest BCUT2D eigenvalue weighted by Crippen LogP contribution is 2.36. The number of hydrogen-bond acceptors (Lipinski definition) is 4. The zero-order chi connectivity index (χ0) is 16.4. The number of thioether (sulfide) groups is 1. The molecule has 1 aliphatic rings. The molecule has 5 heteroatoms. The second-order valence-corrected chi connectivity index (χ2v) is 6.93. The Labute approximate surface area is 144 Å². The fourth-order valence-electron chi connectivity index (χ4n) is 2.35. The molecule has 0 aliphatic carbocycles. The lowest BCUT2D eigenvalue weighted by Crippen LogP contribution is -2.27. The highest BCUT2D eigenvalue weighted by Gasteiger charge is 2.33. The molecular weight excluding hydrogens is 326 g/mol. The highest BCUT2D eigenvalue weighted by atomic mass is 32.2. The largest absolute Gasteiger partial charge is 0.392 e. The van der Waals surface area contributed by atoms with E-state index >= 15 is 0 Å². The summed E-state index contributed by atoms with van der Waals surface area (Å²) in [5.41, 5.74) is 3.65. The summed E-state index contributed by atoms with van der Waals surface area (Å²) in [6.45, 7) is 2.00. The maximum absolute atomic E-state index is 12.7. The van der Waals surface area contributed by atoms with Crippen molar-refractivity contribution in [3.63, 3.8) is 0 Å². The van der Waals surface area contributed by atoms with E-state index in [1.807, 2.05) is 37.3 Å². The van der Waals surface area contributed by atoms with E-state index in [0.29, 0.717) is 9.23 Å². The summed E-state index contributed by atoms with van der Waals surface area (Å²) in [5.74, 6) is -0.113. The number of carbonyl (C=O) groups is 1. The number of benzene rings is 2. The molecule has 116 valence electrons. The molecule has 1 aliphatic heterocycles.